The molecular formula is C29H26ClN2O4PS. The molecule has 194 valence electrons. The van der Waals surface area contributed by atoms with E-state index in [1.54, 1.807) is 35.7 Å². The first-order valence-corrected chi connectivity index (χ1v) is 15.3. The molecule has 0 aliphatic rings. The van der Waals surface area contributed by atoms with Crippen molar-refractivity contribution in [2.24, 2.45) is 0 Å². The van der Waals surface area contributed by atoms with E-state index in [9.17, 15) is 14.5 Å². The monoisotopic (exact) mass is 564 g/mol. The van der Waals surface area contributed by atoms with E-state index in [-0.39, 0.29) is 10.9 Å². The van der Waals surface area contributed by atoms with Crippen LogP contribution in [0.15, 0.2) is 77.3 Å². The number of carbonyl (C=O) groups is 1. The van der Waals surface area contributed by atoms with Gasteiger partial charge in [-0.15, -0.1) is 11.3 Å². The number of aromatic nitrogens is 1. The Hall–Kier alpha value is -3.38. The minimum Gasteiger partial charge on any atom is -0.477 e. The van der Waals surface area contributed by atoms with Gasteiger partial charge in [0.25, 0.3) is 0 Å². The number of furan rings is 1. The van der Waals surface area contributed by atoms with E-state index in [0.717, 1.165) is 27.1 Å². The fourth-order valence-corrected chi connectivity index (χ4v) is 8.82. The summed E-state index contributed by atoms with van der Waals surface area (Å²) in [6, 6.07) is 20.2. The van der Waals surface area contributed by atoms with Crippen molar-refractivity contribution in [3.05, 3.63) is 88.4 Å². The van der Waals surface area contributed by atoms with Crippen LogP contribution in [0.4, 0.5) is 5.69 Å². The van der Waals surface area contributed by atoms with E-state index in [1.807, 2.05) is 69.3 Å². The molecule has 0 aliphatic heterocycles. The van der Waals surface area contributed by atoms with E-state index in [1.165, 1.54) is 11.3 Å². The molecule has 0 radical (unpaired) electrons. The summed E-state index contributed by atoms with van der Waals surface area (Å²) in [4.78, 5) is 17.6. The smallest absolute Gasteiger partial charge is 0.348 e. The number of nitrogens with zero attached hydrogens (tertiary/aromatic N) is 2. The molecule has 0 spiro atoms. The molecule has 1 N–H and O–H groups in total. The number of hydrogen-bond acceptors (Lipinski definition) is 5. The molecule has 0 aliphatic carbocycles. The van der Waals surface area contributed by atoms with Crippen molar-refractivity contribution in [3.63, 3.8) is 0 Å². The fourth-order valence-electron chi connectivity index (χ4n) is 4.78. The Morgan fingerprint density at radius 2 is 1.79 bits per heavy atom. The molecule has 38 heavy (non-hydrogen) atoms. The molecule has 0 bridgehead atoms. The number of fused-ring (bicyclic) bond motifs is 1. The Bertz CT molecular complexity index is 1670. The van der Waals surface area contributed by atoms with Gasteiger partial charge in [0.1, 0.15) is 16.2 Å². The maximum absolute atomic E-state index is 14.4. The van der Waals surface area contributed by atoms with Crippen LogP contribution in [0.1, 0.15) is 29.1 Å². The molecule has 3 aromatic heterocycles. The first-order valence-electron chi connectivity index (χ1n) is 12.0. The number of hydrogen-bond donors (Lipinski definition) is 1. The largest absolute Gasteiger partial charge is 0.477 e. The lowest BCUT2D eigenvalue weighted by molar-refractivity contribution is 0.0703. The average Bonchev–Trinajstić information content (AvgIpc) is 3.48. The summed E-state index contributed by atoms with van der Waals surface area (Å²) in [6.45, 7) is 7.39. The summed E-state index contributed by atoms with van der Waals surface area (Å²) in [7, 11) is -3.20. The van der Waals surface area contributed by atoms with Crippen LogP contribution in [0.2, 0.25) is 5.02 Å². The van der Waals surface area contributed by atoms with Gasteiger partial charge in [0.2, 0.25) is 0 Å². The van der Waals surface area contributed by atoms with Gasteiger partial charge in [0.05, 0.1) is 5.69 Å². The van der Waals surface area contributed by atoms with Crippen molar-refractivity contribution in [2.45, 2.75) is 26.8 Å². The Kier molecular flexibility index (Phi) is 6.95. The van der Waals surface area contributed by atoms with E-state index in [2.05, 4.69) is 4.98 Å². The van der Waals surface area contributed by atoms with Gasteiger partial charge < -0.3 is 14.2 Å². The van der Waals surface area contributed by atoms with Crippen molar-refractivity contribution in [1.29, 1.82) is 0 Å². The Morgan fingerprint density at radius 1 is 1.08 bits per heavy atom. The van der Waals surface area contributed by atoms with Crippen LogP contribution in [0, 0.1) is 6.92 Å². The number of benzene rings is 2. The van der Waals surface area contributed by atoms with Crippen LogP contribution in [0.5, 0.6) is 0 Å². The molecule has 0 saturated heterocycles. The normalized spacial score (nSPS) is 13.1. The Morgan fingerprint density at radius 3 is 2.42 bits per heavy atom. The zero-order chi connectivity index (χ0) is 27.2. The molecule has 1 atom stereocenters. The van der Waals surface area contributed by atoms with Crippen molar-refractivity contribution in [1.82, 2.24) is 4.98 Å². The lowest BCUT2D eigenvalue weighted by Gasteiger charge is -2.35. The van der Waals surface area contributed by atoms with Gasteiger partial charge in [0.15, 0.2) is 12.9 Å². The van der Waals surface area contributed by atoms with Crippen LogP contribution in [-0.2, 0) is 4.57 Å². The highest BCUT2D eigenvalue weighted by molar-refractivity contribution is 7.72. The molecule has 0 fully saturated rings. The van der Waals surface area contributed by atoms with Crippen molar-refractivity contribution in [2.75, 3.05) is 11.3 Å². The molecule has 1 unspecified atom stereocenters. The standard InChI is InChI=1S/C29H26ClN2O4PS/c1-17(2)32(37(4,35)26-12-11-21(30)14-18(26)3)23-16-27(38-28(23)29(33)34)20-9-7-19(8-10-20)25-15-22-24(36-25)6-5-13-31-22/h5-17H,1-4H3,(H,33,34). The van der Waals surface area contributed by atoms with Crippen molar-refractivity contribution < 1.29 is 18.9 Å². The first-order chi connectivity index (χ1) is 18.1. The molecule has 0 amide bonds. The van der Waals surface area contributed by atoms with Crippen LogP contribution in [-0.4, -0.2) is 28.8 Å². The zero-order valence-electron chi connectivity index (χ0n) is 21.3. The number of aromatic carboxylic acids is 1. The third-order valence-corrected chi connectivity index (χ3v) is 10.7. The predicted octanol–water partition coefficient (Wildman–Crippen LogP) is 8.33. The Labute approximate surface area is 229 Å². The Balaban J connectivity index is 1.55. The number of carboxylic acids is 1. The molecule has 5 rings (SSSR count). The van der Waals surface area contributed by atoms with Crippen LogP contribution < -0.4 is 9.97 Å². The molecular weight excluding hydrogens is 539 g/mol. The summed E-state index contributed by atoms with van der Waals surface area (Å²) in [6.07, 6.45) is 1.73. The van der Waals surface area contributed by atoms with Gasteiger partial charge >= 0.3 is 5.97 Å². The number of halogens is 1. The van der Waals surface area contributed by atoms with Gasteiger partial charge in [-0.05, 0) is 68.3 Å². The molecule has 0 saturated carbocycles. The van der Waals surface area contributed by atoms with Crippen LogP contribution in [0.25, 0.3) is 32.9 Å². The number of anilines is 1. The third-order valence-electron chi connectivity index (χ3n) is 6.40. The summed E-state index contributed by atoms with van der Waals surface area (Å²) in [5.41, 5.74) is 4.50. The minimum atomic E-state index is -3.20. The van der Waals surface area contributed by atoms with E-state index in [0.29, 0.717) is 27.4 Å². The van der Waals surface area contributed by atoms with Gasteiger partial charge in [-0.3, -0.25) is 9.55 Å². The highest BCUT2D eigenvalue weighted by Crippen LogP contribution is 2.53. The van der Waals surface area contributed by atoms with Gasteiger partial charge in [-0.1, -0.05) is 35.9 Å². The van der Waals surface area contributed by atoms with Crippen LogP contribution >= 0.6 is 30.2 Å². The van der Waals surface area contributed by atoms with Gasteiger partial charge in [-0.25, -0.2) is 4.79 Å². The van der Waals surface area contributed by atoms with Gasteiger partial charge in [0, 0.05) is 45.7 Å². The van der Waals surface area contributed by atoms with E-state index in [4.69, 9.17) is 16.0 Å². The first kappa shape index (κ1) is 26.2. The number of aryl methyl sites for hydroxylation is 1. The summed E-state index contributed by atoms with van der Waals surface area (Å²) >= 11 is 7.32. The van der Waals surface area contributed by atoms with Crippen molar-refractivity contribution >= 4 is 58.3 Å². The minimum absolute atomic E-state index is 0.148. The highest BCUT2D eigenvalue weighted by atomic mass is 35.5. The molecule has 5 aromatic rings. The van der Waals surface area contributed by atoms with E-state index >= 15 is 0 Å². The second kappa shape index (κ2) is 10.1. The number of pyridine rings is 1. The second-order valence-corrected chi connectivity index (χ2v) is 13.6. The number of rotatable bonds is 7. The highest BCUT2D eigenvalue weighted by Gasteiger charge is 2.35. The molecule has 9 heteroatoms. The summed E-state index contributed by atoms with van der Waals surface area (Å²) in [5.74, 6) is -0.347. The zero-order valence-corrected chi connectivity index (χ0v) is 23.8. The van der Waals surface area contributed by atoms with E-state index < -0.39 is 13.3 Å². The second-order valence-electron chi connectivity index (χ2n) is 9.45. The number of carboxylic acid groups (broad SMARTS) is 1. The molecule has 6 nitrogen and oxygen atoms in total. The third kappa shape index (κ3) is 4.78. The maximum atomic E-state index is 14.4. The van der Waals surface area contributed by atoms with Crippen LogP contribution in [0.3, 0.4) is 0 Å². The fraction of sp³-hybridized carbons (Fsp3) is 0.172. The van der Waals surface area contributed by atoms with Crippen molar-refractivity contribution in [3.8, 4) is 21.8 Å². The lowest BCUT2D eigenvalue weighted by Crippen LogP contribution is -2.33. The maximum Gasteiger partial charge on any atom is 0.348 e. The summed E-state index contributed by atoms with van der Waals surface area (Å²) in [5, 5.41) is 11.3. The van der Waals surface area contributed by atoms with Gasteiger partial charge in [-0.2, -0.15) is 0 Å². The molecule has 3 heterocycles. The summed E-state index contributed by atoms with van der Waals surface area (Å²) < 4.78 is 22.0. The quantitative estimate of drug-likeness (QED) is 0.200. The SMILES string of the molecule is Cc1cc(Cl)ccc1P(C)(=O)N(c1cc(-c2ccc(-c3cc4ncccc4o3)cc2)sc1C(=O)O)C(C)C. The lowest BCUT2D eigenvalue weighted by atomic mass is 10.1. The topological polar surface area (TPSA) is 83.6 Å². The number of thiophene rings is 1. The average molecular weight is 565 g/mol. The molecule has 2 aromatic carbocycles. The predicted molar refractivity (Wildman–Crippen MR) is 157 cm³/mol.